The van der Waals surface area contributed by atoms with Gasteiger partial charge in [0.05, 0.1) is 0 Å². The van der Waals surface area contributed by atoms with Crippen LogP contribution in [0.3, 0.4) is 0 Å². The van der Waals surface area contributed by atoms with Gasteiger partial charge in [0.1, 0.15) is 5.82 Å². The topological polar surface area (TPSA) is 24.3 Å². The molecule has 1 saturated heterocycles. The van der Waals surface area contributed by atoms with Crippen LogP contribution in [0.5, 0.6) is 0 Å². The van der Waals surface area contributed by atoms with Gasteiger partial charge in [-0.1, -0.05) is 58.4 Å². The molecule has 0 unspecified atom stereocenters. The Morgan fingerprint density at radius 3 is 2.26 bits per heavy atom. The molecule has 3 aromatic rings. The normalized spacial score (nSPS) is 15.9. The van der Waals surface area contributed by atoms with E-state index in [1.165, 1.54) is 11.1 Å². The summed E-state index contributed by atoms with van der Waals surface area (Å²) in [5.41, 5.74) is 2.57. The van der Waals surface area contributed by atoms with Gasteiger partial charge in [-0.05, 0) is 17.7 Å². The largest absolute Gasteiger partial charge is 0.330 e. The number of aromatic nitrogens is 2. The first-order valence-electron chi connectivity index (χ1n) is 9.54. The fourth-order valence-electron chi connectivity index (χ4n) is 3.61. The van der Waals surface area contributed by atoms with Gasteiger partial charge < -0.3 is 4.57 Å². The summed E-state index contributed by atoms with van der Waals surface area (Å²) >= 11 is 3.51. The van der Waals surface area contributed by atoms with Gasteiger partial charge in [-0.3, -0.25) is 9.80 Å². The van der Waals surface area contributed by atoms with E-state index >= 15 is 0 Å². The highest BCUT2D eigenvalue weighted by Gasteiger charge is 2.17. The van der Waals surface area contributed by atoms with E-state index in [0.29, 0.717) is 0 Å². The van der Waals surface area contributed by atoms with Crippen molar-refractivity contribution in [1.29, 1.82) is 0 Å². The van der Waals surface area contributed by atoms with Gasteiger partial charge in [0.25, 0.3) is 0 Å². The standard InChI is InChI=1S/C22H25BrN4/c23-21-8-6-19(7-9-21)18-26-14-12-25(13-15-26)16-17-27-11-10-24-22(27)20-4-2-1-3-5-20/h1-11H,12-18H2. The second-order valence-electron chi connectivity index (χ2n) is 7.05. The van der Waals surface area contributed by atoms with Crippen LogP contribution in [-0.4, -0.2) is 52.1 Å². The molecule has 1 aliphatic rings. The number of benzene rings is 2. The first kappa shape index (κ1) is 18.4. The number of hydrogen-bond donors (Lipinski definition) is 0. The van der Waals surface area contributed by atoms with Crippen LogP contribution in [0.2, 0.25) is 0 Å². The SMILES string of the molecule is Brc1ccc(CN2CCN(CCn3ccnc3-c3ccccc3)CC2)cc1. The average Bonchev–Trinajstić information content (AvgIpc) is 3.19. The van der Waals surface area contributed by atoms with E-state index in [9.17, 15) is 0 Å². The Bertz CT molecular complexity index is 836. The molecule has 27 heavy (non-hydrogen) atoms. The summed E-state index contributed by atoms with van der Waals surface area (Å²) in [7, 11) is 0. The smallest absolute Gasteiger partial charge is 0.139 e. The molecule has 0 saturated carbocycles. The predicted molar refractivity (Wildman–Crippen MR) is 114 cm³/mol. The molecule has 1 fully saturated rings. The van der Waals surface area contributed by atoms with Gasteiger partial charge in [-0.2, -0.15) is 0 Å². The fourth-order valence-corrected chi connectivity index (χ4v) is 3.87. The average molecular weight is 425 g/mol. The zero-order chi connectivity index (χ0) is 18.5. The lowest BCUT2D eigenvalue weighted by Gasteiger charge is -2.34. The van der Waals surface area contributed by atoms with Crippen LogP contribution in [0.4, 0.5) is 0 Å². The maximum absolute atomic E-state index is 4.55. The van der Waals surface area contributed by atoms with Crippen molar-refractivity contribution in [3.8, 4) is 11.4 Å². The number of halogens is 1. The molecule has 5 heteroatoms. The van der Waals surface area contributed by atoms with Gasteiger partial charge in [0.15, 0.2) is 0 Å². The van der Waals surface area contributed by atoms with E-state index in [1.54, 1.807) is 0 Å². The molecule has 4 rings (SSSR count). The molecule has 0 bridgehead atoms. The van der Waals surface area contributed by atoms with Crippen molar-refractivity contribution < 1.29 is 0 Å². The van der Waals surface area contributed by atoms with Crippen molar-refractivity contribution in [1.82, 2.24) is 19.4 Å². The highest BCUT2D eigenvalue weighted by atomic mass is 79.9. The Hall–Kier alpha value is -1.95. The molecule has 140 valence electrons. The van der Waals surface area contributed by atoms with Gasteiger partial charge in [0, 0.05) is 68.2 Å². The number of piperazine rings is 1. The molecule has 0 radical (unpaired) electrons. The van der Waals surface area contributed by atoms with E-state index in [1.807, 2.05) is 12.3 Å². The van der Waals surface area contributed by atoms with E-state index < -0.39 is 0 Å². The molecule has 0 amide bonds. The summed E-state index contributed by atoms with van der Waals surface area (Å²) in [5, 5.41) is 0. The summed E-state index contributed by atoms with van der Waals surface area (Å²) in [6, 6.07) is 19.1. The molecule has 0 N–H and O–H groups in total. The van der Waals surface area contributed by atoms with Crippen molar-refractivity contribution in [3.05, 3.63) is 77.0 Å². The molecule has 1 aliphatic heterocycles. The Labute approximate surface area is 169 Å². The molecular weight excluding hydrogens is 400 g/mol. The Morgan fingerprint density at radius 2 is 1.52 bits per heavy atom. The molecule has 0 atom stereocenters. The van der Waals surface area contributed by atoms with Crippen LogP contribution in [0.1, 0.15) is 5.56 Å². The molecule has 2 heterocycles. The zero-order valence-corrected chi connectivity index (χ0v) is 17.1. The molecule has 0 aliphatic carbocycles. The molecule has 4 nitrogen and oxygen atoms in total. The summed E-state index contributed by atoms with van der Waals surface area (Å²) in [5.74, 6) is 1.06. The van der Waals surface area contributed by atoms with Crippen LogP contribution in [0.25, 0.3) is 11.4 Å². The monoisotopic (exact) mass is 424 g/mol. The van der Waals surface area contributed by atoms with E-state index in [4.69, 9.17) is 0 Å². The molecule has 2 aromatic carbocycles. The van der Waals surface area contributed by atoms with Crippen LogP contribution in [0, 0.1) is 0 Å². The summed E-state index contributed by atoms with van der Waals surface area (Å²) in [4.78, 5) is 9.66. The van der Waals surface area contributed by atoms with Crippen LogP contribution < -0.4 is 0 Å². The lowest BCUT2D eigenvalue weighted by atomic mass is 10.2. The summed E-state index contributed by atoms with van der Waals surface area (Å²) in [6.07, 6.45) is 3.99. The summed E-state index contributed by atoms with van der Waals surface area (Å²) in [6.45, 7) is 7.62. The van der Waals surface area contributed by atoms with E-state index in [-0.39, 0.29) is 0 Å². The maximum atomic E-state index is 4.55. The Balaban J connectivity index is 1.27. The van der Waals surface area contributed by atoms with Crippen LogP contribution in [0.15, 0.2) is 71.5 Å². The minimum Gasteiger partial charge on any atom is -0.330 e. The second-order valence-corrected chi connectivity index (χ2v) is 7.97. The fraction of sp³-hybridized carbons (Fsp3) is 0.318. The quantitative estimate of drug-likeness (QED) is 0.594. The van der Waals surface area contributed by atoms with Gasteiger partial charge in [0.2, 0.25) is 0 Å². The number of nitrogens with zero attached hydrogens (tertiary/aromatic N) is 4. The third-order valence-electron chi connectivity index (χ3n) is 5.19. The van der Waals surface area contributed by atoms with Gasteiger partial charge in [-0.15, -0.1) is 0 Å². The highest BCUT2D eigenvalue weighted by molar-refractivity contribution is 9.10. The zero-order valence-electron chi connectivity index (χ0n) is 15.5. The van der Waals surface area contributed by atoms with Crippen molar-refractivity contribution in [2.24, 2.45) is 0 Å². The van der Waals surface area contributed by atoms with E-state index in [2.05, 4.69) is 90.0 Å². The minimum absolute atomic E-state index is 0.983. The predicted octanol–water partition coefficient (Wildman–Crippen LogP) is 4.13. The summed E-state index contributed by atoms with van der Waals surface area (Å²) < 4.78 is 3.41. The third kappa shape index (κ3) is 4.86. The first-order chi connectivity index (χ1) is 13.3. The van der Waals surface area contributed by atoms with Gasteiger partial charge in [-0.25, -0.2) is 4.98 Å². The maximum Gasteiger partial charge on any atom is 0.139 e. The molecule has 0 spiro atoms. The van der Waals surface area contributed by atoms with Crippen LogP contribution in [-0.2, 0) is 13.1 Å². The van der Waals surface area contributed by atoms with Crippen LogP contribution >= 0.6 is 15.9 Å². The Kier molecular flexibility index (Phi) is 6.02. The number of imidazole rings is 1. The highest BCUT2D eigenvalue weighted by Crippen LogP contribution is 2.17. The lowest BCUT2D eigenvalue weighted by Crippen LogP contribution is -2.46. The van der Waals surface area contributed by atoms with Crippen molar-refractivity contribution >= 4 is 15.9 Å². The number of hydrogen-bond acceptors (Lipinski definition) is 3. The molecular formula is C22H25BrN4. The van der Waals surface area contributed by atoms with Crippen molar-refractivity contribution in [2.45, 2.75) is 13.1 Å². The molecule has 1 aromatic heterocycles. The third-order valence-corrected chi connectivity index (χ3v) is 5.72. The minimum atomic E-state index is 0.983. The lowest BCUT2D eigenvalue weighted by molar-refractivity contribution is 0.124. The number of rotatable bonds is 6. The van der Waals surface area contributed by atoms with Crippen molar-refractivity contribution in [2.75, 3.05) is 32.7 Å². The van der Waals surface area contributed by atoms with Gasteiger partial charge >= 0.3 is 0 Å². The second kappa shape index (κ2) is 8.83. The first-order valence-corrected chi connectivity index (χ1v) is 10.3. The Morgan fingerprint density at radius 1 is 0.815 bits per heavy atom. The van der Waals surface area contributed by atoms with Crippen molar-refractivity contribution in [3.63, 3.8) is 0 Å². The van der Waals surface area contributed by atoms with E-state index in [0.717, 1.165) is 56.1 Å².